The van der Waals surface area contributed by atoms with Crippen LogP contribution in [0.2, 0.25) is 0 Å². The number of rotatable bonds is 8. The Morgan fingerprint density at radius 3 is 2.37 bits per heavy atom. The maximum atomic E-state index is 12.5. The van der Waals surface area contributed by atoms with Gasteiger partial charge < -0.3 is 15.3 Å². The van der Waals surface area contributed by atoms with Crippen LogP contribution in [0.3, 0.4) is 0 Å². The zero-order valence-electron chi connectivity index (χ0n) is 16.2. The Balaban J connectivity index is 1.81. The van der Waals surface area contributed by atoms with Gasteiger partial charge in [-0.25, -0.2) is 4.79 Å². The summed E-state index contributed by atoms with van der Waals surface area (Å²) in [6.07, 6.45) is 3.40. The fourth-order valence-electron chi connectivity index (χ4n) is 3.54. The number of nitrogens with one attached hydrogen (secondary N) is 1. The predicted molar refractivity (Wildman–Crippen MR) is 103 cm³/mol. The van der Waals surface area contributed by atoms with Gasteiger partial charge in [-0.05, 0) is 38.2 Å². The van der Waals surface area contributed by atoms with E-state index in [1.165, 1.54) is 0 Å². The third kappa shape index (κ3) is 5.81. The lowest BCUT2D eigenvalue weighted by molar-refractivity contribution is -0.148. The minimum absolute atomic E-state index is 0.110. The molecule has 1 aliphatic rings. The number of hydrogen-bond acceptors (Lipinski definition) is 3. The lowest BCUT2D eigenvalue weighted by Gasteiger charge is -2.34. The van der Waals surface area contributed by atoms with E-state index in [1.54, 1.807) is 6.92 Å². The largest absolute Gasteiger partial charge is 0.480 e. The minimum Gasteiger partial charge on any atom is -0.480 e. The maximum Gasteiger partial charge on any atom is 0.329 e. The van der Waals surface area contributed by atoms with Crippen molar-refractivity contribution in [3.05, 3.63) is 35.9 Å². The summed E-state index contributed by atoms with van der Waals surface area (Å²) in [5, 5.41) is 12.1. The summed E-state index contributed by atoms with van der Waals surface area (Å²) in [5.74, 6) is -1.35. The van der Waals surface area contributed by atoms with E-state index in [2.05, 4.69) is 5.32 Å². The smallest absolute Gasteiger partial charge is 0.329 e. The first kappa shape index (κ1) is 20.9. The first-order valence-corrected chi connectivity index (χ1v) is 9.73. The molecule has 0 spiro atoms. The number of aryl methyl sites for hydroxylation is 1. The summed E-state index contributed by atoms with van der Waals surface area (Å²) >= 11 is 0. The van der Waals surface area contributed by atoms with Crippen molar-refractivity contribution in [3.8, 4) is 0 Å². The van der Waals surface area contributed by atoms with E-state index in [4.69, 9.17) is 0 Å². The van der Waals surface area contributed by atoms with Gasteiger partial charge >= 0.3 is 5.97 Å². The quantitative estimate of drug-likeness (QED) is 0.732. The Labute approximate surface area is 160 Å². The van der Waals surface area contributed by atoms with Crippen LogP contribution in [-0.4, -0.2) is 46.4 Å². The number of hydrogen-bond donors (Lipinski definition) is 2. The number of piperidine rings is 1. The van der Waals surface area contributed by atoms with E-state index in [0.717, 1.165) is 5.56 Å². The van der Waals surface area contributed by atoms with E-state index in [1.807, 2.05) is 42.2 Å². The van der Waals surface area contributed by atoms with Crippen LogP contribution in [-0.2, 0) is 20.8 Å². The van der Waals surface area contributed by atoms with Crippen LogP contribution in [0.25, 0.3) is 0 Å². The van der Waals surface area contributed by atoms with E-state index in [9.17, 15) is 19.5 Å². The van der Waals surface area contributed by atoms with Gasteiger partial charge in [0.2, 0.25) is 11.8 Å². The number of benzene rings is 1. The molecule has 6 heteroatoms. The number of amides is 2. The third-order valence-electron chi connectivity index (χ3n) is 5.31. The highest BCUT2D eigenvalue weighted by molar-refractivity contribution is 5.88. The summed E-state index contributed by atoms with van der Waals surface area (Å²) < 4.78 is 0. The number of aliphatic carboxylic acids is 1. The summed E-state index contributed by atoms with van der Waals surface area (Å²) in [7, 11) is 0. The summed E-state index contributed by atoms with van der Waals surface area (Å²) in [6.45, 7) is 4.54. The van der Waals surface area contributed by atoms with Crippen molar-refractivity contribution in [2.24, 2.45) is 5.92 Å². The van der Waals surface area contributed by atoms with Crippen LogP contribution in [0.1, 0.15) is 51.5 Å². The van der Waals surface area contributed by atoms with Crippen LogP contribution < -0.4 is 5.32 Å². The molecule has 2 rings (SSSR count). The number of carboxylic acid groups (broad SMARTS) is 1. The Morgan fingerprint density at radius 1 is 1.19 bits per heavy atom. The molecule has 1 unspecified atom stereocenters. The fourth-order valence-corrected chi connectivity index (χ4v) is 3.54. The third-order valence-corrected chi connectivity index (χ3v) is 5.31. The minimum atomic E-state index is -1.23. The van der Waals surface area contributed by atoms with Crippen molar-refractivity contribution in [2.45, 2.75) is 57.9 Å². The Bertz CT molecular complexity index is 653. The number of nitrogens with zero attached hydrogens (tertiary/aromatic N) is 1. The second-order valence-corrected chi connectivity index (χ2v) is 7.52. The molecule has 1 aliphatic heterocycles. The van der Waals surface area contributed by atoms with Crippen molar-refractivity contribution < 1.29 is 19.5 Å². The predicted octanol–water partition coefficient (Wildman–Crippen LogP) is 2.62. The molecule has 0 bridgehead atoms. The van der Waals surface area contributed by atoms with Gasteiger partial charge in [-0.15, -0.1) is 0 Å². The Hall–Kier alpha value is -2.37. The highest BCUT2D eigenvalue weighted by atomic mass is 16.4. The van der Waals surface area contributed by atoms with Gasteiger partial charge in [0.1, 0.15) is 5.54 Å². The van der Waals surface area contributed by atoms with Gasteiger partial charge in [0.05, 0.1) is 0 Å². The van der Waals surface area contributed by atoms with Crippen molar-refractivity contribution >= 4 is 17.8 Å². The standard InChI is InChI=1S/C21H30N2O4/c1-3-13-21(2,20(26)27)22-19(25)17-11-14-23(15-12-17)18(24)10-9-16-7-5-4-6-8-16/h4-8,17H,3,9-15H2,1-2H3,(H,22,25)(H,26,27). The van der Waals surface area contributed by atoms with Crippen LogP contribution in [0, 0.1) is 5.92 Å². The molecule has 0 radical (unpaired) electrons. The molecule has 2 amide bonds. The molecule has 1 atom stereocenters. The van der Waals surface area contributed by atoms with Gasteiger partial charge in [0, 0.05) is 25.4 Å². The molecule has 0 aromatic heterocycles. The maximum absolute atomic E-state index is 12.5. The van der Waals surface area contributed by atoms with Crippen LogP contribution in [0.15, 0.2) is 30.3 Å². The molecular weight excluding hydrogens is 344 g/mol. The molecule has 6 nitrogen and oxygen atoms in total. The first-order valence-electron chi connectivity index (χ1n) is 9.73. The number of carbonyl (C=O) groups excluding carboxylic acids is 2. The van der Waals surface area contributed by atoms with Gasteiger partial charge in [0.25, 0.3) is 0 Å². The Kier molecular flexibility index (Phi) is 7.39. The highest BCUT2D eigenvalue weighted by Gasteiger charge is 2.36. The molecule has 0 aliphatic carbocycles. The second-order valence-electron chi connectivity index (χ2n) is 7.52. The van der Waals surface area contributed by atoms with Crippen LogP contribution >= 0.6 is 0 Å². The molecule has 1 fully saturated rings. The molecular formula is C21H30N2O4. The average molecular weight is 374 g/mol. The Morgan fingerprint density at radius 2 is 1.81 bits per heavy atom. The molecule has 1 aromatic rings. The first-order chi connectivity index (χ1) is 12.9. The zero-order valence-corrected chi connectivity index (χ0v) is 16.2. The van der Waals surface area contributed by atoms with Crippen molar-refractivity contribution in [1.82, 2.24) is 10.2 Å². The van der Waals surface area contributed by atoms with Crippen molar-refractivity contribution in [2.75, 3.05) is 13.1 Å². The van der Waals surface area contributed by atoms with E-state index >= 15 is 0 Å². The van der Waals surface area contributed by atoms with Crippen LogP contribution in [0.5, 0.6) is 0 Å². The molecule has 1 heterocycles. The van der Waals surface area contributed by atoms with Crippen LogP contribution in [0.4, 0.5) is 0 Å². The summed E-state index contributed by atoms with van der Waals surface area (Å²) in [4.78, 5) is 38.2. The van der Waals surface area contributed by atoms with Crippen molar-refractivity contribution in [1.29, 1.82) is 0 Å². The summed E-state index contributed by atoms with van der Waals surface area (Å²) in [5.41, 5.74) is -0.0851. The van der Waals surface area contributed by atoms with E-state index < -0.39 is 11.5 Å². The molecule has 0 saturated carbocycles. The van der Waals surface area contributed by atoms with E-state index in [-0.39, 0.29) is 17.7 Å². The van der Waals surface area contributed by atoms with Crippen molar-refractivity contribution in [3.63, 3.8) is 0 Å². The lowest BCUT2D eigenvalue weighted by Crippen LogP contribution is -2.55. The average Bonchev–Trinajstić information content (AvgIpc) is 2.67. The van der Waals surface area contributed by atoms with Gasteiger partial charge in [-0.2, -0.15) is 0 Å². The number of carboxylic acids is 1. The van der Waals surface area contributed by atoms with E-state index in [0.29, 0.717) is 51.6 Å². The summed E-state index contributed by atoms with van der Waals surface area (Å²) in [6, 6.07) is 9.91. The van der Waals surface area contributed by atoms with Gasteiger partial charge in [-0.3, -0.25) is 9.59 Å². The molecule has 27 heavy (non-hydrogen) atoms. The highest BCUT2D eigenvalue weighted by Crippen LogP contribution is 2.21. The SMILES string of the molecule is CCCC(C)(NC(=O)C1CCN(C(=O)CCc2ccccc2)CC1)C(=O)O. The molecule has 1 aromatic carbocycles. The fraction of sp³-hybridized carbons (Fsp3) is 0.571. The van der Waals surface area contributed by atoms with Gasteiger partial charge in [-0.1, -0.05) is 43.7 Å². The monoisotopic (exact) mass is 374 g/mol. The second kappa shape index (κ2) is 9.53. The number of carbonyl (C=O) groups is 3. The number of likely N-dealkylation sites (tertiary alicyclic amines) is 1. The topological polar surface area (TPSA) is 86.7 Å². The molecule has 1 saturated heterocycles. The lowest BCUT2D eigenvalue weighted by atomic mass is 9.91. The normalized spacial score (nSPS) is 17.2. The zero-order chi connectivity index (χ0) is 19.9. The molecule has 148 valence electrons. The van der Waals surface area contributed by atoms with Gasteiger partial charge in [0.15, 0.2) is 0 Å². The molecule has 2 N–H and O–H groups in total.